The van der Waals surface area contributed by atoms with Crippen LogP contribution >= 0.6 is 0 Å². The Morgan fingerprint density at radius 3 is 3.23 bits per heavy atom. The highest BCUT2D eigenvalue weighted by molar-refractivity contribution is 4.95. The molecule has 5 heteroatoms. The minimum absolute atomic E-state index is 0.0665. The fourth-order valence-corrected chi connectivity index (χ4v) is 1.51. The molecule has 0 spiro atoms. The van der Waals surface area contributed by atoms with Crippen molar-refractivity contribution in [2.75, 3.05) is 13.2 Å². The van der Waals surface area contributed by atoms with Crippen LogP contribution in [-0.4, -0.2) is 28.4 Å². The number of nitrogens with zero attached hydrogens (tertiary/aromatic N) is 2. The van der Waals surface area contributed by atoms with Crippen molar-refractivity contribution in [3.8, 4) is 0 Å². The van der Waals surface area contributed by atoms with E-state index in [1.165, 1.54) is 0 Å². The Bertz CT molecular complexity index is 268. The molecule has 0 aliphatic carbocycles. The van der Waals surface area contributed by atoms with Crippen molar-refractivity contribution in [2.45, 2.75) is 25.3 Å². The molecular weight excluding hydrogens is 170 g/mol. The summed E-state index contributed by atoms with van der Waals surface area (Å²) in [7, 11) is 0. The van der Waals surface area contributed by atoms with E-state index in [1.807, 2.05) is 0 Å². The van der Waals surface area contributed by atoms with Crippen molar-refractivity contribution in [3.63, 3.8) is 0 Å². The van der Waals surface area contributed by atoms with Crippen LogP contribution in [-0.2, 0) is 6.42 Å². The quantitative estimate of drug-likeness (QED) is 0.691. The van der Waals surface area contributed by atoms with E-state index in [2.05, 4.69) is 15.5 Å². The average Bonchev–Trinajstić information content (AvgIpc) is 2.70. The molecule has 1 aromatic rings. The summed E-state index contributed by atoms with van der Waals surface area (Å²) in [6.07, 6.45) is 2.68. The topological polar surface area (TPSA) is 71.2 Å². The fraction of sp³-hybridized carbons (Fsp3) is 0.750. The number of aromatic nitrogens is 2. The fourth-order valence-electron chi connectivity index (χ4n) is 1.51. The number of nitrogens with one attached hydrogen (secondary N) is 1. The molecule has 2 N–H and O–H groups in total. The molecule has 1 aliphatic rings. The molecule has 1 unspecified atom stereocenters. The van der Waals surface area contributed by atoms with Gasteiger partial charge < -0.3 is 14.9 Å². The van der Waals surface area contributed by atoms with Crippen molar-refractivity contribution >= 4 is 0 Å². The molecule has 0 aromatic carbocycles. The number of aliphatic hydroxyl groups excluding tert-OH is 1. The third-order valence-corrected chi connectivity index (χ3v) is 2.18. The predicted octanol–water partition coefficient (Wildman–Crippen LogP) is 0.0289. The van der Waals surface area contributed by atoms with E-state index >= 15 is 0 Å². The zero-order valence-corrected chi connectivity index (χ0v) is 7.36. The SMILES string of the molecule is OCCc1noc(C2CCCN2)n1. The zero-order chi connectivity index (χ0) is 9.10. The maximum Gasteiger partial charge on any atom is 0.243 e. The first-order valence-electron chi connectivity index (χ1n) is 4.57. The summed E-state index contributed by atoms with van der Waals surface area (Å²) in [5.41, 5.74) is 0. The van der Waals surface area contributed by atoms with Gasteiger partial charge in [0.05, 0.1) is 12.6 Å². The highest BCUT2D eigenvalue weighted by atomic mass is 16.5. The van der Waals surface area contributed by atoms with Crippen LogP contribution in [0.4, 0.5) is 0 Å². The maximum absolute atomic E-state index is 8.66. The third kappa shape index (κ3) is 1.87. The number of hydrogen-bond donors (Lipinski definition) is 2. The predicted molar refractivity (Wildman–Crippen MR) is 45.1 cm³/mol. The lowest BCUT2D eigenvalue weighted by Crippen LogP contribution is -2.13. The Kier molecular flexibility index (Phi) is 2.56. The van der Waals surface area contributed by atoms with Crippen LogP contribution < -0.4 is 5.32 Å². The van der Waals surface area contributed by atoms with E-state index in [9.17, 15) is 0 Å². The van der Waals surface area contributed by atoms with Gasteiger partial charge in [-0.05, 0) is 19.4 Å². The van der Waals surface area contributed by atoms with Crippen molar-refractivity contribution < 1.29 is 9.63 Å². The Labute approximate surface area is 76.1 Å². The minimum atomic E-state index is 0.0665. The summed E-state index contributed by atoms with van der Waals surface area (Å²) in [6.45, 7) is 1.08. The van der Waals surface area contributed by atoms with Gasteiger partial charge >= 0.3 is 0 Å². The molecule has 1 fully saturated rings. The lowest BCUT2D eigenvalue weighted by Gasteiger charge is -2.01. The molecular formula is C8H13N3O2. The van der Waals surface area contributed by atoms with Crippen LogP contribution in [0.2, 0.25) is 0 Å². The molecule has 0 radical (unpaired) electrons. The summed E-state index contributed by atoms with van der Waals surface area (Å²) in [5, 5.41) is 15.7. The molecule has 1 aromatic heterocycles. The monoisotopic (exact) mass is 183 g/mol. The van der Waals surface area contributed by atoms with E-state index in [-0.39, 0.29) is 12.6 Å². The van der Waals surface area contributed by atoms with E-state index in [1.54, 1.807) is 0 Å². The van der Waals surface area contributed by atoms with Gasteiger partial charge in [0.15, 0.2) is 5.82 Å². The molecule has 0 amide bonds. The normalized spacial score (nSPS) is 22.4. The van der Waals surface area contributed by atoms with E-state index in [4.69, 9.17) is 9.63 Å². The number of rotatable bonds is 3. The van der Waals surface area contributed by atoms with Gasteiger partial charge in [-0.15, -0.1) is 0 Å². The molecule has 72 valence electrons. The van der Waals surface area contributed by atoms with Crippen LogP contribution in [0.15, 0.2) is 4.52 Å². The smallest absolute Gasteiger partial charge is 0.243 e. The van der Waals surface area contributed by atoms with Gasteiger partial charge in [-0.3, -0.25) is 0 Å². The van der Waals surface area contributed by atoms with Crippen molar-refractivity contribution in [2.24, 2.45) is 0 Å². The Hall–Kier alpha value is -0.940. The second kappa shape index (κ2) is 3.85. The average molecular weight is 183 g/mol. The van der Waals surface area contributed by atoms with Crippen LogP contribution in [0.1, 0.15) is 30.6 Å². The highest BCUT2D eigenvalue weighted by Gasteiger charge is 2.21. The van der Waals surface area contributed by atoms with E-state index < -0.39 is 0 Å². The van der Waals surface area contributed by atoms with Gasteiger partial charge in [0, 0.05) is 6.42 Å². The van der Waals surface area contributed by atoms with Gasteiger partial charge in [-0.1, -0.05) is 5.16 Å². The lowest BCUT2D eigenvalue weighted by molar-refractivity contribution is 0.291. The molecule has 13 heavy (non-hydrogen) atoms. The summed E-state index contributed by atoms with van der Waals surface area (Å²) >= 11 is 0. The lowest BCUT2D eigenvalue weighted by atomic mass is 10.2. The van der Waals surface area contributed by atoms with Gasteiger partial charge in [-0.25, -0.2) is 0 Å². The van der Waals surface area contributed by atoms with E-state index in [0.29, 0.717) is 18.1 Å². The second-order valence-corrected chi connectivity index (χ2v) is 3.17. The van der Waals surface area contributed by atoms with Crippen LogP contribution in [0, 0.1) is 0 Å². The molecule has 1 atom stereocenters. The Balaban J connectivity index is 2.03. The standard InChI is InChI=1S/C8H13N3O2/c12-5-3-7-10-8(13-11-7)6-2-1-4-9-6/h6,9,12H,1-5H2. The molecule has 1 aliphatic heterocycles. The molecule has 2 rings (SSSR count). The first kappa shape index (κ1) is 8.65. The Morgan fingerprint density at radius 1 is 1.62 bits per heavy atom. The van der Waals surface area contributed by atoms with Crippen molar-refractivity contribution in [3.05, 3.63) is 11.7 Å². The zero-order valence-electron chi connectivity index (χ0n) is 7.36. The molecule has 0 saturated carbocycles. The largest absolute Gasteiger partial charge is 0.396 e. The highest BCUT2D eigenvalue weighted by Crippen LogP contribution is 2.20. The van der Waals surface area contributed by atoms with Crippen LogP contribution in [0.25, 0.3) is 0 Å². The van der Waals surface area contributed by atoms with Gasteiger partial charge in [0.2, 0.25) is 5.89 Å². The second-order valence-electron chi connectivity index (χ2n) is 3.17. The first-order chi connectivity index (χ1) is 6.40. The third-order valence-electron chi connectivity index (χ3n) is 2.18. The first-order valence-corrected chi connectivity index (χ1v) is 4.57. The summed E-state index contributed by atoms with van der Waals surface area (Å²) in [4.78, 5) is 4.18. The minimum Gasteiger partial charge on any atom is -0.396 e. The summed E-state index contributed by atoms with van der Waals surface area (Å²) in [6, 6.07) is 0.222. The van der Waals surface area contributed by atoms with Crippen molar-refractivity contribution in [1.82, 2.24) is 15.5 Å². The van der Waals surface area contributed by atoms with E-state index in [0.717, 1.165) is 19.4 Å². The van der Waals surface area contributed by atoms with Crippen molar-refractivity contribution in [1.29, 1.82) is 0 Å². The number of hydrogen-bond acceptors (Lipinski definition) is 5. The number of aliphatic hydroxyl groups is 1. The van der Waals surface area contributed by atoms with Gasteiger partial charge in [-0.2, -0.15) is 4.98 Å². The van der Waals surface area contributed by atoms with Crippen LogP contribution in [0.5, 0.6) is 0 Å². The van der Waals surface area contributed by atoms with Gasteiger partial charge in [0.1, 0.15) is 0 Å². The summed E-state index contributed by atoms with van der Waals surface area (Å²) in [5.74, 6) is 1.24. The summed E-state index contributed by atoms with van der Waals surface area (Å²) < 4.78 is 5.07. The molecule has 2 heterocycles. The van der Waals surface area contributed by atoms with Crippen LogP contribution in [0.3, 0.4) is 0 Å². The molecule has 5 nitrogen and oxygen atoms in total. The Morgan fingerprint density at radius 2 is 2.54 bits per heavy atom. The van der Waals surface area contributed by atoms with Gasteiger partial charge in [0.25, 0.3) is 0 Å². The molecule has 0 bridgehead atoms. The molecule has 1 saturated heterocycles. The maximum atomic E-state index is 8.66.